The van der Waals surface area contributed by atoms with E-state index >= 15 is 0 Å². The molecule has 5 heteroatoms. The summed E-state index contributed by atoms with van der Waals surface area (Å²) < 4.78 is 5.48. The van der Waals surface area contributed by atoms with Gasteiger partial charge in [0.2, 0.25) is 11.6 Å². The summed E-state index contributed by atoms with van der Waals surface area (Å²) in [6, 6.07) is 13.1. The van der Waals surface area contributed by atoms with Crippen molar-refractivity contribution < 1.29 is 14.3 Å². The summed E-state index contributed by atoms with van der Waals surface area (Å²) in [4.78, 5) is 24.6. The average Bonchev–Trinajstić information content (AvgIpc) is 2.51. The van der Waals surface area contributed by atoms with E-state index in [0.717, 1.165) is 0 Å². The Morgan fingerprint density at radius 2 is 1.33 bits per heavy atom. The molecule has 0 fully saturated rings. The third-order valence-corrected chi connectivity index (χ3v) is 3.73. The molecule has 1 aliphatic rings. The number of ketones is 2. The van der Waals surface area contributed by atoms with E-state index in [1.165, 1.54) is 0 Å². The Balaban J connectivity index is 2.07. The minimum atomic E-state index is -0.436. The van der Waals surface area contributed by atoms with E-state index in [2.05, 4.69) is 0 Å². The molecule has 0 amide bonds. The number of benzene rings is 2. The van der Waals surface area contributed by atoms with Gasteiger partial charge in [0.1, 0.15) is 10.8 Å². The van der Waals surface area contributed by atoms with Crippen LogP contribution in [0.2, 0.25) is 5.02 Å². The SMILES string of the molecule is O=C1C(Cl)=C(Oc2ccccc2Cl)C(=O)c2ccccc21. The molecule has 0 unspecified atom stereocenters. The number of allylic oxidation sites excluding steroid dienone is 2. The van der Waals surface area contributed by atoms with Crippen LogP contribution in [0.25, 0.3) is 0 Å². The van der Waals surface area contributed by atoms with Gasteiger partial charge in [-0.15, -0.1) is 0 Å². The van der Waals surface area contributed by atoms with Crippen LogP contribution in [-0.4, -0.2) is 11.6 Å². The summed E-state index contributed by atoms with van der Waals surface area (Å²) in [7, 11) is 0. The van der Waals surface area contributed by atoms with E-state index in [4.69, 9.17) is 27.9 Å². The van der Waals surface area contributed by atoms with Gasteiger partial charge >= 0.3 is 0 Å². The number of para-hydroxylation sites is 1. The Kier molecular flexibility index (Phi) is 3.53. The van der Waals surface area contributed by atoms with Crippen molar-refractivity contribution in [2.75, 3.05) is 0 Å². The highest BCUT2D eigenvalue weighted by atomic mass is 35.5. The van der Waals surface area contributed by atoms with Crippen LogP contribution in [0.3, 0.4) is 0 Å². The molecule has 3 nitrogen and oxygen atoms in total. The van der Waals surface area contributed by atoms with Gasteiger partial charge in [0.05, 0.1) is 5.02 Å². The van der Waals surface area contributed by atoms with E-state index in [-0.39, 0.29) is 27.7 Å². The van der Waals surface area contributed by atoms with E-state index in [9.17, 15) is 9.59 Å². The third-order valence-electron chi connectivity index (χ3n) is 3.07. The summed E-state index contributed by atoms with van der Waals surface area (Å²) in [5.74, 6) is -0.801. The molecule has 0 radical (unpaired) electrons. The molecular weight excluding hydrogens is 311 g/mol. The van der Waals surface area contributed by atoms with Crippen LogP contribution in [0.4, 0.5) is 0 Å². The minimum absolute atomic E-state index is 0.200. The molecule has 21 heavy (non-hydrogen) atoms. The first-order valence-corrected chi connectivity index (χ1v) is 6.86. The van der Waals surface area contributed by atoms with Crippen molar-refractivity contribution in [1.82, 2.24) is 0 Å². The third kappa shape index (κ3) is 2.35. The molecule has 1 aliphatic carbocycles. The van der Waals surface area contributed by atoms with Crippen LogP contribution in [0.15, 0.2) is 59.3 Å². The Morgan fingerprint density at radius 1 is 0.762 bits per heavy atom. The van der Waals surface area contributed by atoms with E-state index in [0.29, 0.717) is 5.02 Å². The first-order chi connectivity index (χ1) is 10.1. The monoisotopic (exact) mass is 318 g/mol. The highest BCUT2D eigenvalue weighted by molar-refractivity contribution is 6.49. The molecule has 0 bridgehead atoms. The molecule has 0 aromatic heterocycles. The van der Waals surface area contributed by atoms with Crippen molar-refractivity contribution in [3.05, 3.63) is 75.5 Å². The maximum atomic E-state index is 12.4. The lowest BCUT2D eigenvalue weighted by Gasteiger charge is -2.18. The van der Waals surface area contributed by atoms with Crippen LogP contribution in [-0.2, 0) is 0 Å². The number of Topliss-reactive ketones (excluding diaryl/α,β-unsaturated/α-hetero) is 2. The number of halogens is 2. The highest BCUT2D eigenvalue weighted by Gasteiger charge is 2.33. The predicted molar refractivity (Wildman–Crippen MR) is 80.1 cm³/mol. The fourth-order valence-electron chi connectivity index (χ4n) is 2.05. The largest absolute Gasteiger partial charge is 0.450 e. The van der Waals surface area contributed by atoms with Crippen LogP contribution >= 0.6 is 23.2 Å². The first kappa shape index (κ1) is 13.9. The van der Waals surface area contributed by atoms with Crippen LogP contribution < -0.4 is 4.74 Å². The van der Waals surface area contributed by atoms with Gasteiger partial charge in [-0.1, -0.05) is 59.6 Å². The second-order valence-electron chi connectivity index (χ2n) is 4.38. The normalized spacial score (nSPS) is 14.2. The number of fused-ring (bicyclic) bond motifs is 1. The molecule has 0 saturated heterocycles. The van der Waals surface area contributed by atoms with Crippen molar-refractivity contribution in [2.45, 2.75) is 0 Å². The van der Waals surface area contributed by atoms with Crippen LogP contribution in [0.1, 0.15) is 20.7 Å². The molecule has 0 spiro atoms. The summed E-state index contributed by atoms with van der Waals surface area (Å²) in [5, 5.41) is 0.0900. The lowest BCUT2D eigenvalue weighted by Crippen LogP contribution is -2.23. The zero-order chi connectivity index (χ0) is 15.0. The number of carbonyl (C=O) groups is 2. The molecule has 0 N–H and O–H groups in total. The van der Waals surface area contributed by atoms with Gasteiger partial charge in [-0.2, -0.15) is 0 Å². The van der Waals surface area contributed by atoms with Gasteiger partial charge in [0, 0.05) is 11.1 Å². The molecule has 0 atom stereocenters. The molecule has 0 heterocycles. The summed E-state index contributed by atoms with van der Waals surface area (Å²) in [6.45, 7) is 0. The smallest absolute Gasteiger partial charge is 0.230 e. The fraction of sp³-hybridized carbons (Fsp3) is 0. The zero-order valence-electron chi connectivity index (χ0n) is 10.6. The minimum Gasteiger partial charge on any atom is -0.450 e. The Morgan fingerprint density at radius 3 is 2.00 bits per heavy atom. The molecule has 104 valence electrons. The van der Waals surface area contributed by atoms with Crippen molar-refractivity contribution in [3.8, 4) is 5.75 Å². The molecule has 3 rings (SSSR count). The van der Waals surface area contributed by atoms with E-state index in [1.54, 1.807) is 48.5 Å². The maximum Gasteiger partial charge on any atom is 0.230 e. The van der Waals surface area contributed by atoms with Gasteiger partial charge in [-0.05, 0) is 12.1 Å². The van der Waals surface area contributed by atoms with Crippen molar-refractivity contribution in [3.63, 3.8) is 0 Å². The number of ether oxygens (including phenoxy) is 1. The summed E-state index contributed by atoms with van der Waals surface area (Å²) >= 11 is 12.0. The van der Waals surface area contributed by atoms with Crippen LogP contribution in [0, 0.1) is 0 Å². The molecule has 2 aromatic carbocycles. The van der Waals surface area contributed by atoms with E-state index in [1.807, 2.05) is 0 Å². The molecule has 0 aliphatic heterocycles. The van der Waals surface area contributed by atoms with Crippen molar-refractivity contribution in [1.29, 1.82) is 0 Å². The maximum absolute atomic E-state index is 12.4. The van der Waals surface area contributed by atoms with E-state index < -0.39 is 11.6 Å². The number of rotatable bonds is 2. The zero-order valence-corrected chi connectivity index (χ0v) is 12.1. The second-order valence-corrected chi connectivity index (χ2v) is 5.16. The number of hydrogen-bond acceptors (Lipinski definition) is 3. The Bertz CT molecular complexity index is 794. The predicted octanol–water partition coefficient (Wildman–Crippen LogP) is 4.25. The molecular formula is C16H8Cl2O3. The highest BCUT2D eigenvalue weighted by Crippen LogP contribution is 2.32. The van der Waals surface area contributed by atoms with Gasteiger partial charge in [-0.25, -0.2) is 0 Å². The lowest BCUT2D eigenvalue weighted by molar-refractivity contribution is 0.0943. The lowest BCUT2D eigenvalue weighted by atomic mass is 9.93. The number of carbonyl (C=O) groups excluding carboxylic acids is 2. The first-order valence-electron chi connectivity index (χ1n) is 6.10. The number of hydrogen-bond donors (Lipinski definition) is 0. The second kappa shape index (κ2) is 5.35. The van der Waals surface area contributed by atoms with Crippen molar-refractivity contribution >= 4 is 34.8 Å². The summed E-state index contributed by atoms with van der Waals surface area (Å²) in [6.07, 6.45) is 0. The van der Waals surface area contributed by atoms with Gasteiger partial charge in [0.15, 0.2) is 5.76 Å². The Hall–Kier alpha value is -2.10. The summed E-state index contributed by atoms with van der Waals surface area (Å²) in [5.41, 5.74) is 0.549. The van der Waals surface area contributed by atoms with Gasteiger partial charge in [-0.3, -0.25) is 9.59 Å². The van der Waals surface area contributed by atoms with Crippen molar-refractivity contribution in [2.24, 2.45) is 0 Å². The molecule has 2 aromatic rings. The standard InChI is InChI=1S/C16H8Cl2O3/c17-11-7-3-4-8-12(11)21-16-13(18)14(19)9-5-1-2-6-10(9)15(16)20/h1-8H. The topological polar surface area (TPSA) is 43.4 Å². The fourth-order valence-corrected chi connectivity index (χ4v) is 2.45. The van der Waals surface area contributed by atoms with Gasteiger partial charge in [0.25, 0.3) is 0 Å². The average molecular weight is 319 g/mol. The van der Waals surface area contributed by atoms with Crippen LogP contribution in [0.5, 0.6) is 5.75 Å². The van der Waals surface area contributed by atoms with Gasteiger partial charge < -0.3 is 4.74 Å². The molecule has 0 saturated carbocycles. The quantitative estimate of drug-likeness (QED) is 0.831. The Labute approximate surface area is 130 Å².